The van der Waals surface area contributed by atoms with E-state index in [-0.39, 0.29) is 73.0 Å². The summed E-state index contributed by atoms with van der Waals surface area (Å²) >= 11 is 12.2. The highest BCUT2D eigenvalue weighted by Gasteiger charge is 2.35. The van der Waals surface area contributed by atoms with Gasteiger partial charge in [0.15, 0.2) is 34.5 Å². The average molecular weight is 624 g/mol. The number of aliphatic carboxylic acids is 1. The summed E-state index contributed by atoms with van der Waals surface area (Å²) in [5, 5.41) is 47.1. The fourth-order valence-corrected chi connectivity index (χ4v) is 4.53. The molecule has 3 aromatic carbocycles. The van der Waals surface area contributed by atoms with Gasteiger partial charge in [-0.3, -0.25) is 4.79 Å². The van der Waals surface area contributed by atoms with Crippen LogP contribution < -0.4 is 15.2 Å². The predicted molar refractivity (Wildman–Crippen MR) is 151 cm³/mol. The number of phenolic OH excluding ortho intramolecular Hbond substituents is 4. The number of halogens is 2. The van der Waals surface area contributed by atoms with E-state index in [9.17, 15) is 29.7 Å². The Hall–Kier alpha value is -4.39. The van der Waals surface area contributed by atoms with Crippen LogP contribution in [0, 0.1) is 20.8 Å². The number of benzene rings is 3. The number of carbonyl (C=O) groups excluding carboxylic acids is 2. The Balaban J connectivity index is 0.000000274. The zero-order valence-corrected chi connectivity index (χ0v) is 24.5. The first-order valence-corrected chi connectivity index (χ1v) is 12.8. The molecule has 1 aliphatic rings. The lowest BCUT2D eigenvalue weighted by Crippen LogP contribution is -2.46. The summed E-state index contributed by atoms with van der Waals surface area (Å²) < 4.78 is 15.9. The molecule has 4 rings (SSSR count). The molecule has 1 atom stereocenters. The van der Waals surface area contributed by atoms with Crippen LogP contribution in [0.5, 0.6) is 40.2 Å². The van der Waals surface area contributed by atoms with Crippen LogP contribution in [0.1, 0.15) is 49.9 Å². The maximum absolute atomic E-state index is 12.7. The molecule has 0 fully saturated rings. The number of fused-ring (bicyclic) bond motifs is 2. The molecule has 12 nitrogen and oxygen atoms in total. The van der Waals surface area contributed by atoms with E-state index >= 15 is 0 Å². The number of methoxy groups -OCH3 is 1. The Morgan fingerprint density at radius 2 is 1.50 bits per heavy atom. The molecular formula is C28H27Cl2NO11. The fourth-order valence-electron chi connectivity index (χ4n) is 4.06. The molecular weight excluding hydrogens is 597 g/mol. The number of carbonyl (C=O) groups is 3. The Bertz CT molecular complexity index is 1630. The van der Waals surface area contributed by atoms with Crippen molar-refractivity contribution in [3.8, 4) is 40.2 Å². The van der Waals surface area contributed by atoms with Crippen molar-refractivity contribution < 1.29 is 54.1 Å². The number of rotatable bonds is 4. The molecule has 0 radical (unpaired) electrons. The van der Waals surface area contributed by atoms with Crippen molar-refractivity contribution in [3.05, 3.63) is 61.6 Å². The molecule has 42 heavy (non-hydrogen) atoms. The number of hydrogen-bond acceptors (Lipinski definition) is 11. The molecule has 7 N–H and O–H groups in total. The van der Waals surface area contributed by atoms with E-state index in [4.69, 9.17) is 53.4 Å². The van der Waals surface area contributed by atoms with Crippen molar-refractivity contribution in [1.29, 1.82) is 0 Å². The van der Waals surface area contributed by atoms with Crippen LogP contribution in [-0.2, 0) is 16.0 Å². The van der Waals surface area contributed by atoms with E-state index in [1.54, 1.807) is 0 Å². The first-order chi connectivity index (χ1) is 19.4. The van der Waals surface area contributed by atoms with Gasteiger partial charge in [0.2, 0.25) is 0 Å². The third-order valence-electron chi connectivity index (χ3n) is 6.49. The van der Waals surface area contributed by atoms with E-state index in [0.29, 0.717) is 5.56 Å². The predicted octanol–water partition coefficient (Wildman–Crippen LogP) is 4.88. The summed E-state index contributed by atoms with van der Waals surface area (Å²) in [6.45, 7) is 5.82. The Kier molecular flexibility index (Phi) is 9.06. The number of carboxylic acids is 1. The molecule has 224 valence electrons. The van der Waals surface area contributed by atoms with Crippen LogP contribution in [0.2, 0.25) is 10.0 Å². The number of ether oxygens (including phenoxy) is 3. The summed E-state index contributed by atoms with van der Waals surface area (Å²) in [6, 6.07) is 4.11. The van der Waals surface area contributed by atoms with Gasteiger partial charge < -0.3 is 45.5 Å². The fraction of sp³-hybridized carbons (Fsp3) is 0.250. The summed E-state index contributed by atoms with van der Waals surface area (Å²) in [5.41, 5.74) is 4.97. The molecule has 0 saturated carbocycles. The first-order valence-electron chi connectivity index (χ1n) is 12.0. The molecule has 1 heterocycles. The van der Waals surface area contributed by atoms with Gasteiger partial charge in [0, 0.05) is 17.5 Å². The number of aromatic hydroxyl groups is 4. The molecule has 3 aromatic rings. The maximum atomic E-state index is 12.7. The number of nitrogens with two attached hydrogens (primary N) is 1. The number of hydrogen-bond donors (Lipinski definition) is 6. The Labute approximate surface area is 249 Å². The molecule has 14 heteroatoms. The van der Waals surface area contributed by atoms with Crippen LogP contribution >= 0.6 is 23.2 Å². The van der Waals surface area contributed by atoms with Gasteiger partial charge in [0.25, 0.3) is 0 Å². The standard InChI is InChI=1S/C18H14Cl2O7.C10H13NO4/c1-5-9-16(11(20)13(22)10(5)19)26-14-6(2)8(17(23)25-4)12(21)7(3)15(14)27-18(9)24;1-10(11,9(14)15)5-6-2-3-7(12)8(13)4-6/h21-22H,1-4H3;2-4,12-13H,5,11H2,1H3,(H,14,15). The minimum Gasteiger partial charge on any atom is -0.507 e. The van der Waals surface area contributed by atoms with Gasteiger partial charge in [-0.05, 0) is 51.0 Å². The smallest absolute Gasteiger partial charge is 0.347 e. The van der Waals surface area contributed by atoms with Crippen molar-refractivity contribution in [1.82, 2.24) is 0 Å². The average Bonchev–Trinajstić information content (AvgIpc) is 3.08. The van der Waals surface area contributed by atoms with Crippen molar-refractivity contribution in [2.24, 2.45) is 5.73 Å². The number of esters is 2. The Morgan fingerprint density at radius 1 is 0.905 bits per heavy atom. The second kappa shape index (κ2) is 11.8. The topological polar surface area (TPSA) is 206 Å². The summed E-state index contributed by atoms with van der Waals surface area (Å²) in [4.78, 5) is 35.5. The molecule has 1 aliphatic heterocycles. The van der Waals surface area contributed by atoms with Gasteiger partial charge >= 0.3 is 17.9 Å². The minimum absolute atomic E-state index is 0.0131. The van der Waals surface area contributed by atoms with Crippen molar-refractivity contribution in [2.75, 3.05) is 7.11 Å². The molecule has 0 saturated heterocycles. The zero-order chi connectivity index (χ0) is 31.8. The Morgan fingerprint density at radius 3 is 2.05 bits per heavy atom. The molecule has 0 aliphatic carbocycles. The van der Waals surface area contributed by atoms with E-state index in [2.05, 4.69) is 0 Å². The molecule has 0 bridgehead atoms. The van der Waals surface area contributed by atoms with Crippen molar-refractivity contribution in [3.63, 3.8) is 0 Å². The van der Waals surface area contributed by atoms with E-state index in [1.165, 1.54) is 53.0 Å². The molecule has 0 aromatic heterocycles. The monoisotopic (exact) mass is 623 g/mol. The SMILES string of the molecule is CC(N)(Cc1ccc(O)c(O)c1)C(=O)O.COC(=O)c1c(C)c2c(c(C)c1O)OC(=O)c1c(C)c(Cl)c(O)c(Cl)c1O2. The van der Waals surface area contributed by atoms with Crippen LogP contribution in [0.4, 0.5) is 0 Å². The van der Waals surface area contributed by atoms with E-state index < -0.39 is 34.9 Å². The van der Waals surface area contributed by atoms with Crippen LogP contribution in [0.15, 0.2) is 18.2 Å². The highest BCUT2D eigenvalue weighted by molar-refractivity contribution is 6.39. The quantitative estimate of drug-likeness (QED) is 0.130. The van der Waals surface area contributed by atoms with Gasteiger partial charge in [-0.15, -0.1) is 0 Å². The lowest BCUT2D eigenvalue weighted by Gasteiger charge is -2.19. The van der Waals surface area contributed by atoms with E-state index in [1.807, 2.05) is 0 Å². The maximum Gasteiger partial charge on any atom is 0.347 e. The normalized spacial score (nSPS) is 13.2. The second-order valence-electron chi connectivity index (χ2n) is 9.64. The molecule has 0 spiro atoms. The molecule has 1 unspecified atom stereocenters. The minimum atomic E-state index is -1.39. The zero-order valence-electron chi connectivity index (χ0n) is 23.0. The second-order valence-corrected chi connectivity index (χ2v) is 10.4. The van der Waals surface area contributed by atoms with Crippen LogP contribution in [-0.4, -0.2) is 56.1 Å². The highest BCUT2D eigenvalue weighted by Crippen LogP contribution is 2.52. The van der Waals surface area contributed by atoms with Gasteiger partial charge in [-0.25, -0.2) is 9.59 Å². The van der Waals surface area contributed by atoms with Gasteiger partial charge in [0.1, 0.15) is 27.4 Å². The van der Waals surface area contributed by atoms with Gasteiger partial charge in [0.05, 0.1) is 12.1 Å². The summed E-state index contributed by atoms with van der Waals surface area (Å²) in [7, 11) is 1.17. The third kappa shape index (κ3) is 5.82. The van der Waals surface area contributed by atoms with Crippen molar-refractivity contribution >= 4 is 41.1 Å². The highest BCUT2D eigenvalue weighted by atomic mass is 35.5. The van der Waals surface area contributed by atoms with Crippen LogP contribution in [0.25, 0.3) is 0 Å². The first kappa shape index (κ1) is 32.1. The lowest BCUT2D eigenvalue weighted by molar-refractivity contribution is -0.142. The van der Waals surface area contributed by atoms with E-state index in [0.717, 1.165) is 0 Å². The largest absolute Gasteiger partial charge is 0.507 e. The third-order valence-corrected chi connectivity index (χ3v) is 7.31. The number of phenols is 4. The summed E-state index contributed by atoms with van der Waals surface area (Å²) in [5.74, 6) is -4.38. The van der Waals surface area contributed by atoms with Crippen LogP contribution in [0.3, 0.4) is 0 Å². The van der Waals surface area contributed by atoms with Gasteiger partial charge in [-0.2, -0.15) is 0 Å². The number of carboxylic acid groups (broad SMARTS) is 1. The summed E-state index contributed by atoms with van der Waals surface area (Å²) in [6.07, 6.45) is 0.0795. The van der Waals surface area contributed by atoms with Crippen molar-refractivity contribution in [2.45, 2.75) is 39.7 Å². The van der Waals surface area contributed by atoms with Gasteiger partial charge in [-0.1, -0.05) is 29.3 Å². The molecule has 0 amide bonds. The lowest BCUT2D eigenvalue weighted by atomic mass is 9.94.